The van der Waals surface area contributed by atoms with Gasteiger partial charge in [-0.3, -0.25) is 0 Å². The molecule has 0 spiro atoms. The average Bonchev–Trinajstić information content (AvgIpc) is 2.04. The van der Waals surface area contributed by atoms with Crippen LogP contribution in [0.4, 0.5) is 0 Å². The summed E-state index contributed by atoms with van der Waals surface area (Å²) in [5, 5.41) is 0. The first-order valence-corrected chi connectivity index (χ1v) is 5.62. The Morgan fingerprint density at radius 2 is 2.27 bits per heavy atom. The molecule has 0 aliphatic carbocycles. The molecule has 0 bridgehead atoms. The molecule has 0 aromatic heterocycles. The number of methoxy groups -OCH3 is 1. The van der Waals surface area contributed by atoms with Crippen molar-refractivity contribution in [1.29, 1.82) is 0 Å². The largest absolute Gasteiger partial charge is 0.385 e. The van der Waals surface area contributed by atoms with Crippen LogP contribution in [0.3, 0.4) is 0 Å². The lowest BCUT2D eigenvalue weighted by Gasteiger charge is -2.05. The van der Waals surface area contributed by atoms with Gasteiger partial charge in [0.25, 0.3) is 0 Å². The van der Waals surface area contributed by atoms with Gasteiger partial charge in [-0.05, 0) is 23.8 Å². The standard InChI is InChI=1S/C8H17ClOS/c1-8(6-9)7-11-5-3-4-10-2/h8H,3-7H2,1-2H3. The molecule has 0 aromatic rings. The van der Waals surface area contributed by atoms with E-state index in [-0.39, 0.29) is 0 Å². The number of hydrogen-bond donors (Lipinski definition) is 0. The van der Waals surface area contributed by atoms with E-state index >= 15 is 0 Å². The Hall–Kier alpha value is 0.600. The average molecular weight is 197 g/mol. The predicted octanol–water partition coefficient (Wildman–Crippen LogP) is 2.63. The zero-order valence-electron chi connectivity index (χ0n) is 7.31. The van der Waals surface area contributed by atoms with E-state index in [9.17, 15) is 0 Å². The van der Waals surface area contributed by atoms with Crippen molar-refractivity contribution in [1.82, 2.24) is 0 Å². The maximum atomic E-state index is 5.65. The van der Waals surface area contributed by atoms with Crippen LogP contribution in [-0.2, 0) is 4.74 Å². The first kappa shape index (κ1) is 11.6. The van der Waals surface area contributed by atoms with Crippen LogP contribution in [0.5, 0.6) is 0 Å². The van der Waals surface area contributed by atoms with E-state index in [0.717, 1.165) is 18.9 Å². The zero-order valence-corrected chi connectivity index (χ0v) is 8.88. The van der Waals surface area contributed by atoms with Crippen molar-refractivity contribution in [2.45, 2.75) is 13.3 Å². The Balaban J connectivity index is 2.89. The van der Waals surface area contributed by atoms with Crippen LogP contribution in [-0.4, -0.2) is 31.1 Å². The third-order valence-electron chi connectivity index (χ3n) is 1.30. The van der Waals surface area contributed by atoms with E-state index in [1.54, 1.807) is 7.11 Å². The van der Waals surface area contributed by atoms with E-state index in [2.05, 4.69) is 6.92 Å². The van der Waals surface area contributed by atoms with Gasteiger partial charge in [-0.2, -0.15) is 11.8 Å². The van der Waals surface area contributed by atoms with Crippen LogP contribution < -0.4 is 0 Å². The molecule has 0 saturated heterocycles. The molecule has 0 aromatic carbocycles. The van der Waals surface area contributed by atoms with Gasteiger partial charge in [0.2, 0.25) is 0 Å². The molecule has 0 rings (SSSR count). The van der Waals surface area contributed by atoms with Gasteiger partial charge in [0.1, 0.15) is 0 Å². The van der Waals surface area contributed by atoms with E-state index in [0.29, 0.717) is 5.92 Å². The number of rotatable bonds is 7. The fourth-order valence-electron chi connectivity index (χ4n) is 0.634. The summed E-state index contributed by atoms with van der Waals surface area (Å²) >= 11 is 7.62. The lowest BCUT2D eigenvalue weighted by molar-refractivity contribution is 0.200. The number of hydrogen-bond acceptors (Lipinski definition) is 2. The summed E-state index contributed by atoms with van der Waals surface area (Å²) < 4.78 is 4.94. The summed E-state index contributed by atoms with van der Waals surface area (Å²) in [5.41, 5.74) is 0. The maximum Gasteiger partial charge on any atom is 0.0470 e. The molecule has 1 atom stereocenters. The Morgan fingerprint density at radius 1 is 1.55 bits per heavy atom. The number of thioether (sulfide) groups is 1. The minimum atomic E-state index is 0.643. The first-order valence-electron chi connectivity index (χ1n) is 3.94. The van der Waals surface area contributed by atoms with Crippen LogP contribution in [0.15, 0.2) is 0 Å². The second-order valence-corrected chi connectivity index (χ2v) is 4.14. The summed E-state index contributed by atoms with van der Waals surface area (Å²) in [5.74, 6) is 3.78. The summed E-state index contributed by atoms with van der Waals surface area (Å²) in [6.07, 6.45) is 1.15. The van der Waals surface area contributed by atoms with Gasteiger partial charge in [-0.15, -0.1) is 11.6 Å². The van der Waals surface area contributed by atoms with Crippen molar-refractivity contribution < 1.29 is 4.74 Å². The third kappa shape index (κ3) is 8.51. The molecule has 68 valence electrons. The van der Waals surface area contributed by atoms with Gasteiger partial charge in [-0.25, -0.2) is 0 Å². The topological polar surface area (TPSA) is 9.23 Å². The second kappa shape index (κ2) is 8.69. The minimum Gasteiger partial charge on any atom is -0.385 e. The Kier molecular flexibility index (Phi) is 9.17. The molecule has 0 amide bonds. The Bertz CT molecular complexity index is 80.5. The molecule has 0 heterocycles. The lowest BCUT2D eigenvalue weighted by Crippen LogP contribution is -2.00. The van der Waals surface area contributed by atoms with Crippen LogP contribution >= 0.6 is 23.4 Å². The molecule has 0 saturated carbocycles. The maximum absolute atomic E-state index is 5.65. The van der Waals surface area contributed by atoms with Gasteiger partial charge >= 0.3 is 0 Å². The van der Waals surface area contributed by atoms with Crippen molar-refractivity contribution in [2.24, 2.45) is 5.92 Å². The first-order chi connectivity index (χ1) is 5.31. The highest BCUT2D eigenvalue weighted by Crippen LogP contribution is 2.10. The molecular formula is C8H17ClOS. The van der Waals surface area contributed by atoms with Gasteiger partial charge < -0.3 is 4.74 Å². The molecule has 11 heavy (non-hydrogen) atoms. The van der Waals surface area contributed by atoms with E-state index in [1.807, 2.05) is 11.8 Å². The fraction of sp³-hybridized carbons (Fsp3) is 1.00. The van der Waals surface area contributed by atoms with E-state index < -0.39 is 0 Å². The van der Waals surface area contributed by atoms with Crippen molar-refractivity contribution in [3.05, 3.63) is 0 Å². The fourth-order valence-corrected chi connectivity index (χ4v) is 1.88. The molecule has 0 radical (unpaired) electrons. The minimum absolute atomic E-state index is 0.643. The van der Waals surface area contributed by atoms with E-state index in [4.69, 9.17) is 16.3 Å². The summed E-state index contributed by atoms with van der Waals surface area (Å²) in [7, 11) is 1.74. The van der Waals surface area contributed by atoms with Gasteiger partial charge in [0, 0.05) is 19.6 Å². The van der Waals surface area contributed by atoms with Gasteiger partial charge in [0.15, 0.2) is 0 Å². The van der Waals surface area contributed by atoms with Crippen LogP contribution in [0, 0.1) is 5.92 Å². The van der Waals surface area contributed by atoms with Crippen molar-refractivity contribution in [3.63, 3.8) is 0 Å². The van der Waals surface area contributed by atoms with Crippen molar-refractivity contribution in [2.75, 3.05) is 31.1 Å². The molecule has 0 aliphatic heterocycles. The Morgan fingerprint density at radius 3 is 2.82 bits per heavy atom. The molecule has 0 aliphatic rings. The van der Waals surface area contributed by atoms with Crippen LogP contribution in [0.1, 0.15) is 13.3 Å². The second-order valence-electron chi connectivity index (χ2n) is 2.68. The smallest absolute Gasteiger partial charge is 0.0470 e. The SMILES string of the molecule is COCCCSCC(C)CCl. The highest BCUT2D eigenvalue weighted by molar-refractivity contribution is 7.99. The van der Waals surface area contributed by atoms with Crippen LogP contribution in [0.2, 0.25) is 0 Å². The van der Waals surface area contributed by atoms with E-state index in [1.165, 1.54) is 11.5 Å². The predicted molar refractivity (Wildman–Crippen MR) is 53.7 cm³/mol. The van der Waals surface area contributed by atoms with Gasteiger partial charge in [0.05, 0.1) is 0 Å². The molecule has 0 fully saturated rings. The normalized spacial score (nSPS) is 13.4. The third-order valence-corrected chi connectivity index (χ3v) is 3.21. The van der Waals surface area contributed by atoms with Crippen molar-refractivity contribution in [3.8, 4) is 0 Å². The molecular weight excluding hydrogens is 180 g/mol. The highest BCUT2D eigenvalue weighted by Gasteiger charge is 1.98. The molecule has 1 unspecified atom stereocenters. The highest BCUT2D eigenvalue weighted by atomic mass is 35.5. The molecule has 0 N–H and O–H groups in total. The zero-order chi connectivity index (χ0) is 8.53. The Labute approximate surface area is 78.8 Å². The number of halogens is 1. The number of alkyl halides is 1. The molecule has 3 heteroatoms. The summed E-state index contributed by atoms with van der Waals surface area (Å²) in [6, 6.07) is 0. The van der Waals surface area contributed by atoms with Crippen molar-refractivity contribution >= 4 is 23.4 Å². The summed E-state index contributed by atoms with van der Waals surface area (Å²) in [6.45, 7) is 3.05. The lowest BCUT2D eigenvalue weighted by atomic mass is 10.3. The molecule has 1 nitrogen and oxygen atoms in total. The van der Waals surface area contributed by atoms with Gasteiger partial charge in [-0.1, -0.05) is 6.92 Å². The van der Waals surface area contributed by atoms with Crippen LogP contribution in [0.25, 0.3) is 0 Å². The summed E-state index contributed by atoms with van der Waals surface area (Å²) in [4.78, 5) is 0. The number of ether oxygens (including phenoxy) is 1. The monoisotopic (exact) mass is 196 g/mol. The quantitative estimate of drug-likeness (QED) is 0.458.